The van der Waals surface area contributed by atoms with E-state index in [9.17, 15) is 0 Å². The summed E-state index contributed by atoms with van der Waals surface area (Å²) in [5.74, 6) is 7.75. The van der Waals surface area contributed by atoms with Gasteiger partial charge in [0.15, 0.2) is 5.82 Å². The largest absolute Gasteiger partial charge is 0.390 e. The minimum atomic E-state index is 0.500. The summed E-state index contributed by atoms with van der Waals surface area (Å²) in [5.41, 5.74) is 9.46. The van der Waals surface area contributed by atoms with Gasteiger partial charge >= 0.3 is 0 Å². The van der Waals surface area contributed by atoms with Gasteiger partial charge in [-0.05, 0) is 56.7 Å². The molecule has 3 aromatic rings. The molecule has 254 valence electrons. The maximum Gasteiger partial charge on any atom is 0.180 e. The molecule has 0 aliphatic carbocycles. The van der Waals surface area contributed by atoms with Crippen LogP contribution in [0.15, 0.2) is 162 Å². The molecule has 4 rings (SSSR count). The van der Waals surface area contributed by atoms with Crippen molar-refractivity contribution in [1.29, 1.82) is 0 Å². The highest BCUT2D eigenvalue weighted by Crippen LogP contribution is 2.34. The molecule has 0 aromatic heterocycles. The van der Waals surface area contributed by atoms with Crippen LogP contribution in [0, 0.1) is 0 Å². The molecular formula is C40H56ClN5S. The molecule has 0 fully saturated rings. The molecule has 1 heterocycles. The normalized spacial score (nSPS) is 11.9. The van der Waals surface area contributed by atoms with Crippen LogP contribution in [0.3, 0.4) is 0 Å². The molecule has 5 nitrogen and oxygen atoms in total. The first-order valence-corrected chi connectivity index (χ1v) is 16.9. The lowest BCUT2D eigenvalue weighted by Gasteiger charge is -2.32. The lowest BCUT2D eigenvalue weighted by Crippen LogP contribution is -2.39. The first-order chi connectivity index (χ1) is 22.8. The number of amidine groups is 1. The van der Waals surface area contributed by atoms with E-state index >= 15 is 0 Å². The molecule has 1 aliphatic rings. The number of benzene rings is 3. The van der Waals surface area contributed by atoms with Crippen molar-refractivity contribution in [2.45, 2.75) is 59.9 Å². The van der Waals surface area contributed by atoms with Crippen LogP contribution in [0.1, 0.15) is 59.6 Å². The summed E-state index contributed by atoms with van der Waals surface area (Å²) in [6.45, 7) is 24.8. The van der Waals surface area contributed by atoms with Crippen molar-refractivity contribution in [3.05, 3.63) is 168 Å². The molecule has 4 N–H and O–H groups in total. The zero-order valence-electron chi connectivity index (χ0n) is 29.7. The van der Waals surface area contributed by atoms with E-state index in [1.54, 1.807) is 23.2 Å². The van der Waals surface area contributed by atoms with Gasteiger partial charge in [-0.25, -0.2) is 10.8 Å². The van der Waals surface area contributed by atoms with E-state index < -0.39 is 0 Å². The van der Waals surface area contributed by atoms with E-state index in [1.807, 2.05) is 147 Å². The average Bonchev–Trinajstić information content (AvgIpc) is 3.09. The second kappa shape index (κ2) is 29.2. The van der Waals surface area contributed by atoms with Crippen LogP contribution in [-0.2, 0) is 6.54 Å². The van der Waals surface area contributed by atoms with Crippen molar-refractivity contribution in [2.24, 2.45) is 16.6 Å². The van der Waals surface area contributed by atoms with Crippen LogP contribution < -0.4 is 16.6 Å². The summed E-state index contributed by atoms with van der Waals surface area (Å²) in [4.78, 5) is 7.90. The Kier molecular flexibility index (Phi) is 27.9. The van der Waals surface area contributed by atoms with Gasteiger partial charge in [-0.1, -0.05) is 155 Å². The number of aliphatic imine (C=N–C) groups is 1. The fourth-order valence-corrected chi connectivity index (χ4v) is 4.65. The fraction of sp³-hybridized carbons (Fsp3) is 0.225. The molecule has 0 unspecified atom stereocenters. The zero-order valence-corrected chi connectivity index (χ0v) is 31.2. The Hall–Kier alpha value is -4.23. The lowest BCUT2D eigenvalue weighted by atomic mass is 10.1. The van der Waals surface area contributed by atoms with Gasteiger partial charge in [0.2, 0.25) is 0 Å². The zero-order chi connectivity index (χ0) is 36.0. The lowest BCUT2D eigenvalue weighted by molar-refractivity contribution is 0.499. The maximum absolute atomic E-state index is 6.45. The molecule has 3 aromatic carbocycles. The predicted octanol–water partition coefficient (Wildman–Crippen LogP) is 11.5. The Morgan fingerprint density at radius 3 is 1.87 bits per heavy atom. The van der Waals surface area contributed by atoms with Crippen molar-refractivity contribution in [2.75, 3.05) is 12.1 Å². The van der Waals surface area contributed by atoms with Crippen LogP contribution in [0.25, 0.3) is 0 Å². The Labute approximate surface area is 295 Å². The molecule has 0 atom stereocenters. The van der Waals surface area contributed by atoms with E-state index in [0.717, 1.165) is 22.0 Å². The monoisotopic (exact) mass is 673 g/mol. The van der Waals surface area contributed by atoms with Crippen LogP contribution in [0.4, 0.5) is 5.69 Å². The van der Waals surface area contributed by atoms with E-state index in [2.05, 4.69) is 36.8 Å². The van der Waals surface area contributed by atoms with Gasteiger partial charge in [-0.3, -0.25) is 5.01 Å². The van der Waals surface area contributed by atoms with Gasteiger partial charge in [0.25, 0.3) is 0 Å². The Morgan fingerprint density at radius 2 is 1.38 bits per heavy atom. The smallest absolute Gasteiger partial charge is 0.180 e. The number of para-hydroxylation sites is 1. The molecule has 0 saturated heterocycles. The second-order valence-electron chi connectivity index (χ2n) is 8.84. The van der Waals surface area contributed by atoms with Gasteiger partial charge in [-0.2, -0.15) is 0 Å². The number of fused-ring (bicyclic) bond motifs is 1. The molecule has 0 spiro atoms. The van der Waals surface area contributed by atoms with Crippen LogP contribution in [-0.4, -0.2) is 17.8 Å². The number of halogens is 1. The van der Waals surface area contributed by atoms with Crippen LogP contribution >= 0.6 is 23.4 Å². The van der Waals surface area contributed by atoms with Crippen molar-refractivity contribution in [1.82, 2.24) is 4.90 Å². The number of hydrazine groups is 1. The minimum Gasteiger partial charge on any atom is -0.390 e. The third-order valence-electron chi connectivity index (χ3n) is 5.37. The Morgan fingerprint density at radius 1 is 0.851 bits per heavy atom. The van der Waals surface area contributed by atoms with Crippen molar-refractivity contribution >= 4 is 34.9 Å². The van der Waals surface area contributed by atoms with E-state index in [1.165, 1.54) is 17.3 Å². The number of thioether (sulfide) groups is 1. The Balaban J connectivity index is 0. The van der Waals surface area contributed by atoms with Gasteiger partial charge in [0, 0.05) is 29.1 Å². The quantitative estimate of drug-likeness (QED) is 0.118. The molecule has 0 amide bonds. The summed E-state index contributed by atoms with van der Waals surface area (Å²) in [6.07, 6.45) is 12.9. The third kappa shape index (κ3) is 17.9. The van der Waals surface area contributed by atoms with Gasteiger partial charge in [0.1, 0.15) is 10.9 Å². The maximum atomic E-state index is 6.45. The number of nitrogens with zero attached hydrogens (tertiary/aromatic N) is 3. The van der Waals surface area contributed by atoms with Crippen LogP contribution in [0.2, 0.25) is 5.02 Å². The number of hydrogen-bond acceptors (Lipinski definition) is 6. The highest BCUT2D eigenvalue weighted by Gasteiger charge is 2.26. The van der Waals surface area contributed by atoms with Gasteiger partial charge < -0.3 is 10.6 Å². The first-order valence-electron chi connectivity index (χ1n) is 15.7. The van der Waals surface area contributed by atoms with Crippen molar-refractivity contribution in [3.63, 3.8) is 0 Å². The number of allylic oxidation sites excluding steroid dienone is 7. The molecule has 0 saturated carbocycles. The van der Waals surface area contributed by atoms with Gasteiger partial charge in [0.05, 0.1) is 5.69 Å². The SMILES string of the molecule is C=C/C=C\C.C=C/C=C\C.C=CC.CC.CC.CN(Cc1ccccc1)C1=N/C(=C(/N)Sc2cccc(Cl)c2)N(N)c2ccccc21. The van der Waals surface area contributed by atoms with Gasteiger partial charge in [-0.15, -0.1) is 6.58 Å². The van der Waals surface area contributed by atoms with E-state index in [4.69, 9.17) is 28.2 Å². The number of anilines is 1. The first kappa shape index (κ1) is 44.9. The molecule has 0 radical (unpaired) electrons. The summed E-state index contributed by atoms with van der Waals surface area (Å²) in [7, 11) is 2.02. The highest BCUT2D eigenvalue weighted by molar-refractivity contribution is 8.03. The topological polar surface area (TPSA) is 70.9 Å². The molecule has 1 aliphatic heterocycles. The third-order valence-corrected chi connectivity index (χ3v) is 6.50. The number of rotatable bonds is 6. The predicted molar refractivity (Wildman–Crippen MR) is 215 cm³/mol. The average molecular weight is 674 g/mol. The minimum absolute atomic E-state index is 0.500. The molecule has 47 heavy (non-hydrogen) atoms. The summed E-state index contributed by atoms with van der Waals surface area (Å²) in [5, 5.41) is 2.70. The summed E-state index contributed by atoms with van der Waals surface area (Å²) in [6, 6.07) is 25.7. The molecule has 7 heteroatoms. The summed E-state index contributed by atoms with van der Waals surface area (Å²) < 4.78 is 0. The standard InChI is InChI=1S/C23H22ClN5S.2C5H8.C3H6.2C2H6/c1-28(15-16-8-3-2-4-9-16)22-19-12-5-6-13-20(19)29(26)23(27-22)21(25)30-18-11-7-10-17(24)14-18;2*1-3-5-4-2;1-3-2;2*1-2/h2-14H,15,25-26H2,1H3;2*3-5H,1H2,2H3;3H,1H2,2H3;2*1-2H3/b23-21+;2*5-4-;;;. The van der Waals surface area contributed by atoms with E-state index in [-0.39, 0.29) is 0 Å². The number of nitrogens with two attached hydrogens (primary N) is 2. The molecular weight excluding hydrogens is 618 g/mol. The second-order valence-corrected chi connectivity index (χ2v) is 10.4. The van der Waals surface area contributed by atoms with Crippen molar-refractivity contribution < 1.29 is 0 Å². The summed E-state index contributed by atoms with van der Waals surface area (Å²) >= 11 is 7.50. The van der Waals surface area contributed by atoms with Crippen molar-refractivity contribution in [3.8, 4) is 0 Å². The molecule has 0 bridgehead atoms. The highest BCUT2D eigenvalue weighted by atomic mass is 35.5. The van der Waals surface area contributed by atoms with Crippen LogP contribution in [0.5, 0.6) is 0 Å². The Bertz CT molecular complexity index is 1390. The fourth-order valence-electron chi connectivity index (χ4n) is 3.57. The number of hydrogen-bond donors (Lipinski definition) is 2. The van der Waals surface area contributed by atoms with E-state index in [0.29, 0.717) is 22.4 Å².